The van der Waals surface area contributed by atoms with Crippen molar-refractivity contribution in [3.8, 4) is 11.4 Å². The summed E-state index contributed by atoms with van der Waals surface area (Å²) in [6.45, 7) is 3.41. The van der Waals surface area contributed by atoms with E-state index in [1.165, 1.54) is 47.9 Å². The van der Waals surface area contributed by atoms with Gasteiger partial charge >= 0.3 is 0 Å². The molecule has 0 atom stereocenters. The average Bonchev–Trinajstić information content (AvgIpc) is 3.59. The molecular formula is C29H30N6OS. The van der Waals surface area contributed by atoms with E-state index in [1.807, 2.05) is 6.33 Å². The van der Waals surface area contributed by atoms with Crippen LogP contribution in [-0.2, 0) is 4.74 Å². The number of benzene rings is 2. The van der Waals surface area contributed by atoms with Crippen molar-refractivity contribution in [3.05, 3.63) is 60.2 Å². The Hall–Kier alpha value is -3.49. The lowest BCUT2D eigenvalue weighted by Gasteiger charge is -2.28. The number of morpholine rings is 1. The maximum Gasteiger partial charge on any atom is 0.166 e. The van der Waals surface area contributed by atoms with Crippen LogP contribution >= 0.6 is 11.3 Å². The van der Waals surface area contributed by atoms with Crippen LogP contribution in [0.4, 0.5) is 17.2 Å². The lowest BCUT2D eigenvalue weighted by atomic mass is 9.95. The molecule has 2 aromatic carbocycles. The van der Waals surface area contributed by atoms with Crippen molar-refractivity contribution in [1.29, 1.82) is 0 Å². The lowest BCUT2D eigenvalue weighted by Crippen LogP contribution is -2.36. The molecular weight excluding hydrogens is 480 g/mol. The third kappa shape index (κ3) is 4.34. The number of imidazole rings is 1. The maximum atomic E-state index is 5.50. The molecule has 7 nitrogen and oxygen atoms in total. The number of nitrogens with zero attached hydrogens (tertiary/aromatic N) is 5. The quantitative estimate of drug-likeness (QED) is 0.281. The molecule has 8 heteroatoms. The van der Waals surface area contributed by atoms with Gasteiger partial charge in [-0.25, -0.2) is 15.0 Å². The predicted octanol–water partition coefficient (Wildman–Crippen LogP) is 6.79. The Kier molecular flexibility index (Phi) is 5.98. The third-order valence-corrected chi connectivity index (χ3v) is 8.58. The van der Waals surface area contributed by atoms with Gasteiger partial charge in [0.15, 0.2) is 22.8 Å². The van der Waals surface area contributed by atoms with Crippen LogP contribution in [0.15, 0.2) is 60.2 Å². The molecule has 2 aliphatic rings. The maximum absolute atomic E-state index is 5.50. The minimum absolute atomic E-state index is 0.446. The van der Waals surface area contributed by atoms with E-state index in [-0.39, 0.29) is 0 Å². The van der Waals surface area contributed by atoms with Gasteiger partial charge in [-0.3, -0.25) is 0 Å². The largest absolute Gasteiger partial charge is 0.378 e. The summed E-state index contributed by atoms with van der Waals surface area (Å²) in [5.74, 6) is 1.50. The fraction of sp³-hybridized carbons (Fsp3) is 0.345. The SMILES string of the molecule is c1ccc2c(-c3nc(Nc4ccc(N5CCOCC5)cc4)c4ncn(C5CCCCC5)c4n3)csc2c1. The van der Waals surface area contributed by atoms with Crippen molar-refractivity contribution in [2.24, 2.45) is 0 Å². The molecule has 2 fully saturated rings. The fourth-order valence-electron chi connectivity index (χ4n) is 5.62. The third-order valence-electron chi connectivity index (χ3n) is 7.62. The highest BCUT2D eigenvalue weighted by molar-refractivity contribution is 7.17. The normalized spacial score (nSPS) is 17.0. The van der Waals surface area contributed by atoms with Gasteiger partial charge < -0.3 is 19.5 Å². The van der Waals surface area contributed by atoms with E-state index < -0.39 is 0 Å². The van der Waals surface area contributed by atoms with E-state index in [2.05, 4.69) is 68.7 Å². The molecule has 0 radical (unpaired) electrons. The van der Waals surface area contributed by atoms with Gasteiger partial charge in [0.2, 0.25) is 0 Å². The Balaban J connectivity index is 1.29. The highest BCUT2D eigenvalue weighted by Crippen LogP contribution is 2.36. The second-order valence-electron chi connectivity index (χ2n) is 9.93. The van der Waals surface area contributed by atoms with Crippen LogP contribution in [0.3, 0.4) is 0 Å². The molecule has 1 saturated carbocycles. The molecule has 0 bridgehead atoms. The van der Waals surface area contributed by atoms with Gasteiger partial charge in [0, 0.05) is 51.5 Å². The zero-order valence-corrected chi connectivity index (χ0v) is 21.6. The van der Waals surface area contributed by atoms with Gasteiger partial charge in [0.25, 0.3) is 0 Å². The van der Waals surface area contributed by atoms with Crippen molar-refractivity contribution in [3.63, 3.8) is 0 Å². The van der Waals surface area contributed by atoms with Crippen molar-refractivity contribution in [2.45, 2.75) is 38.1 Å². The summed E-state index contributed by atoms with van der Waals surface area (Å²) >= 11 is 1.74. The molecule has 0 spiro atoms. The molecule has 0 amide bonds. The molecule has 1 saturated heterocycles. The van der Waals surface area contributed by atoms with Crippen LogP contribution in [0.25, 0.3) is 32.6 Å². The Morgan fingerprint density at radius 1 is 0.919 bits per heavy atom. The summed E-state index contributed by atoms with van der Waals surface area (Å²) in [7, 11) is 0. The van der Waals surface area contributed by atoms with Gasteiger partial charge in [0.05, 0.1) is 19.5 Å². The molecule has 4 heterocycles. The summed E-state index contributed by atoms with van der Waals surface area (Å²) in [4.78, 5) is 17.3. The van der Waals surface area contributed by atoms with E-state index in [0.717, 1.165) is 60.4 Å². The zero-order valence-electron chi connectivity index (χ0n) is 20.8. The van der Waals surface area contributed by atoms with Crippen molar-refractivity contribution in [1.82, 2.24) is 19.5 Å². The first-order valence-corrected chi connectivity index (χ1v) is 14.1. The first-order valence-electron chi connectivity index (χ1n) is 13.2. The molecule has 3 aromatic heterocycles. The van der Waals surface area contributed by atoms with E-state index in [1.54, 1.807) is 11.3 Å². The Morgan fingerprint density at radius 2 is 1.73 bits per heavy atom. The molecule has 5 aromatic rings. The summed E-state index contributed by atoms with van der Waals surface area (Å²) in [6, 6.07) is 17.5. The van der Waals surface area contributed by atoms with E-state index >= 15 is 0 Å². The van der Waals surface area contributed by atoms with Gasteiger partial charge in [0.1, 0.15) is 0 Å². The minimum Gasteiger partial charge on any atom is -0.378 e. The second-order valence-corrected chi connectivity index (χ2v) is 10.8. The van der Waals surface area contributed by atoms with Crippen LogP contribution in [0.2, 0.25) is 0 Å². The fourth-order valence-corrected chi connectivity index (χ4v) is 6.55. The Bertz CT molecular complexity index is 1530. The number of thiophene rings is 1. The molecule has 1 aliphatic carbocycles. The average molecular weight is 511 g/mol. The van der Waals surface area contributed by atoms with E-state index in [0.29, 0.717) is 6.04 Å². The van der Waals surface area contributed by atoms with Gasteiger partial charge in [-0.05, 0) is 43.2 Å². The Labute approximate surface area is 220 Å². The van der Waals surface area contributed by atoms with Gasteiger partial charge in [-0.1, -0.05) is 37.5 Å². The van der Waals surface area contributed by atoms with Crippen molar-refractivity contribution in [2.75, 3.05) is 36.5 Å². The number of anilines is 3. The van der Waals surface area contributed by atoms with E-state index in [9.17, 15) is 0 Å². The van der Waals surface area contributed by atoms with Crippen LogP contribution < -0.4 is 10.2 Å². The highest BCUT2D eigenvalue weighted by atomic mass is 32.1. The zero-order chi connectivity index (χ0) is 24.6. The number of ether oxygens (including phenoxy) is 1. The van der Waals surface area contributed by atoms with Crippen LogP contribution in [-0.4, -0.2) is 45.8 Å². The van der Waals surface area contributed by atoms with Gasteiger partial charge in [-0.2, -0.15) is 0 Å². The number of hydrogen-bond acceptors (Lipinski definition) is 7. The molecule has 1 N–H and O–H groups in total. The Morgan fingerprint density at radius 3 is 2.57 bits per heavy atom. The molecule has 188 valence electrons. The number of rotatable bonds is 5. The minimum atomic E-state index is 0.446. The summed E-state index contributed by atoms with van der Waals surface area (Å²) in [5.41, 5.74) is 5.02. The molecule has 37 heavy (non-hydrogen) atoms. The summed E-state index contributed by atoms with van der Waals surface area (Å²) in [6.07, 6.45) is 8.17. The molecule has 7 rings (SSSR count). The first kappa shape index (κ1) is 22.7. The first-order chi connectivity index (χ1) is 18.3. The lowest BCUT2D eigenvalue weighted by molar-refractivity contribution is 0.122. The van der Waals surface area contributed by atoms with Crippen molar-refractivity contribution < 1.29 is 4.74 Å². The number of fused-ring (bicyclic) bond motifs is 2. The van der Waals surface area contributed by atoms with Crippen LogP contribution in [0, 0.1) is 0 Å². The van der Waals surface area contributed by atoms with E-state index in [4.69, 9.17) is 19.7 Å². The van der Waals surface area contributed by atoms with Crippen LogP contribution in [0.1, 0.15) is 38.1 Å². The monoisotopic (exact) mass is 510 g/mol. The summed E-state index contributed by atoms with van der Waals surface area (Å²) < 4.78 is 9.04. The van der Waals surface area contributed by atoms with Crippen molar-refractivity contribution >= 4 is 49.8 Å². The highest BCUT2D eigenvalue weighted by Gasteiger charge is 2.22. The molecule has 0 unspecified atom stereocenters. The van der Waals surface area contributed by atoms with Crippen LogP contribution in [0.5, 0.6) is 0 Å². The standard InChI is InChI=1S/C29H30N6OS/c1-2-6-22(7-3-1)35-19-30-26-28(31-20-10-12-21(13-11-20)34-14-16-36-17-15-34)32-27(33-29(26)35)24-18-37-25-9-5-4-8-23(24)25/h4-5,8-13,18-19,22H,1-3,6-7,14-17H2,(H,31,32,33). The number of hydrogen-bond donors (Lipinski definition) is 1. The second kappa shape index (κ2) is 9.76. The number of aromatic nitrogens is 4. The molecule has 1 aliphatic heterocycles. The topological polar surface area (TPSA) is 68.1 Å². The van der Waals surface area contributed by atoms with Gasteiger partial charge in [-0.15, -0.1) is 11.3 Å². The summed E-state index contributed by atoms with van der Waals surface area (Å²) in [5, 5.41) is 6.94. The predicted molar refractivity (Wildman–Crippen MR) is 151 cm³/mol. The smallest absolute Gasteiger partial charge is 0.166 e. The number of nitrogens with one attached hydrogen (secondary N) is 1.